The molecule has 5 heteroatoms. The summed E-state index contributed by atoms with van der Waals surface area (Å²) in [6, 6.07) is 8.08. The van der Waals surface area contributed by atoms with Gasteiger partial charge in [-0.1, -0.05) is 18.2 Å². The van der Waals surface area contributed by atoms with Gasteiger partial charge in [0.05, 0.1) is 13.2 Å². The van der Waals surface area contributed by atoms with Crippen LogP contribution in [0.25, 0.3) is 0 Å². The van der Waals surface area contributed by atoms with E-state index in [4.69, 9.17) is 4.74 Å². The molecular formula is C15H21N3O2. The van der Waals surface area contributed by atoms with Gasteiger partial charge in [-0.05, 0) is 17.7 Å². The smallest absolute Gasteiger partial charge is 0.315 e. The Kier molecular flexibility index (Phi) is 5.43. The van der Waals surface area contributed by atoms with Crippen LogP contribution in [0.2, 0.25) is 0 Å². The van der Waals surface area contributed by atoms with Crippen LogP contribution in [-0.4, -0.2) is 38.9 Å². The third kappa shape index (κ3) is 4.28. The molecule has 0 aliphatic carbocycles. The van der Waals surface area contributed by atoms with Crippen molar-refractivity contribution < 1.29 is 9.53 Å². The highest BCUT2D eigenvalue weighted by Crippen LogP contribution is 2.16. The number of urea groups is 1. The molecule has 1 fully saturated rings. The summed E-state index contributed by atoms with van der Waals surface area (Å²) in [6.07, 6.45) is 1.65. The number of benzene rings is 1. The van der Waals surface area contributed by atoms with Gasteiger partial charge in [0.2, 0.25) is 0 Å². The van der Waals surface area contributed by atoms with Gasteiger partial charge in [-0.25, -0.2) is 4.79 Å². The first-order valence-corrected chi connectivity index (χ1v) is 6.84. The number of hydrogen-bond acceptors (Lipinski definition) is 3. The zero-order valence-corrected chi connectivity index (χ0v) is 11.6. The molecule has 1 aromatic carbocycles. The van der Waals surface area contributed by atoms with E-state index in [1.165, 1.54) is 5.69 Å². The Morgan fingerprint density at radius 3 is 2.60 bits per heavy atom. The van der Waals surface area contributed by atoms with Crippen molar-refractivity contribution in [2.24, 2.45) is 0 Å². The van der Waals surface area contributed by atoms with Crippen molar-refractivity contribution in [2.45, 2.75) is 6.54 Å². The van der Waals surface area contributed by atoms with E-state index in [9.17, 15) is 4.79 Å². The molecule has 108 valence electrons. The average molecular weight is 275 g/mol. The number of anilines is 1. The van der Waals surface area contributed by atoms with Crippen LogP contribution in [0.15, 0.2) is 36.9 Å². The number of carbonyl (C=O) groups excluding carboxylic acids is 1. The second-order valence-corrected chi connectivity index (χ2v) is 4.62. The molecular weight excluding hydrogens is 254 g/mol. The number of rotatable bonds is 5. The molecule has 2 amide bonds. The summed E-state index contributed by atoms with van der Waals surface area (Å²) in [5, 5.41) is 5.48. The van der Waals surface area contributed by atoms with Gasteiger partial charge in [0, 0.05) is 31.9 Å². The third-order valence-electron chi connectivity index (χ3n) is 3.17. The number of amides is 2. The van der Waals surface area contributed by atoms with Crippen LogP contribution in [0.3, 0.4) is 0 Å². The Bertz CT molecular complexity index is 439. The van der Waals surface area contributed by atoms with E-state index in [1.54, 1.807) is 6.08 Å². The van der Waals surface area contributed by atoms with E-state index in [2.05, 4.69) is 34.2 Å². The van der Waals surface area contributed by atoms with Gasteiger partial charge in [-0.15, -0.1) is 6.58 Å². The van der Waals surface area contributed by atoms with Crippen molar-refractivity contribution in [1.82, 2.24) is 10.6 Å². The zero-order valence-electron chi connectivity index (χ0n) is 11.6. The molecule has 1 saturated heterocycles. The Morgan fingerprint density at radius 1 is 1.25 bits per heavy atom. The molecule has 2 rings (SSSR count). The van der Waals surface area contributed by atoms with Crippen molar-refractivity contribution >= 4 is 11.7 Å². The third-order valence-corrected chi connectivity index (χ3v) is 3.17. The fourth-order valence-electron chi connectivity index (χ4n) is 2.06. The first-order valence-electron chi connectivity index (χ1n) is 6.84. The minimum Gasteiger partial charge on any atom is -0.378 e. The van der Waals surface area contributed by atoms with Gasteiger partial charge in [0.15, 0.2) is 0 Å². The molecule has 1 aliphatic rings. The maximum atomic E-state index is 11.4. The summed E-state index contributed by atoms with van der Waals surface area (Å²) in [5.74, 6) is 0. The lowest BCUT2D eigenvalue weighted by molar-refractivity contribution is 0.122. The highest BCUT2D eigenvalue weighted by Gasteiger charge is 2.10. The Labute approximate surface area is 119 Å². The fraction of sp³-hybridized carbons (Fsp3) is 0.400. The van der Waals surface area contributed by atoms with Crippen LogP contribution in [-0.2, 0) is 11.3 Å². The number of carbonyl (C=O) groups is 1. The summed E-state index contributed by atoms with van der Waals surface area (Å²) in [6.45, 7) is 7.98. The number of hydrogen-bond donors (Lipinski definition) is 2. The Hall–Kier alpha value is -2.01. The minimum atomic E-state index is -0.179. The molecule has 0 radical (unpaired) electrons. The number of morpholine rings is 1. The van der Waals surface area contributed by atoms with Crippen LogP contribution >= 0.6 is 0 Å². The molecule has 0 unspecified atom stereocenters. The minimum absolute atomic E-state index is 0.179. The van der Waals surface area contributed by atoms with E-state index < -0.39 is 0 Å². The van der Waals surface area contributed by atoms with Gasteiger partial charge in [-0.3, -0.25) is 0 Å². The molecule has 0 saturated carbocycles. The van der Waals surface area contributed by atoms with Crippen LogP contribution in [0, 0.1) is 0 Å². The van der Waals surface area contributed by atoms with Crippen LogP contribution in [0.5, 0.6) is 0 Å². The lowest BCUT2D eigenvalue weighted by Gasteiger charge is -2.28. The van der Waals surface area contributed by atoms with Crippen LogP contribution < -0.4 is 15.5 Å². The largest absolute Gasteiger partial charge is 0.378 e. The summed E-state index contributed by atoms with van der Waals surface area (Å²) < 4.78 is 5.34. The highest BCUT2D eigenvalue weighted by molar-refractivity contribution is 5.73. The van der Waals surface area contributed by atoms with E-state index in [-0.39, 0.29) is 6.03 Å². The van der Waals surface area contributed by atoms with E-state index in [0.717, 1.165) is 31.9 Å². The molecule has 1 aliphatic heterocycles. The van der Waals surface area contributed by atoms with Crippen molar-refractivity contribution in [3.05, 3.63) is 42.5 Å². The molecule has 0 bridgehead atoms. The molecule has 20 heavy (non-hydrogen) atoms. The quantitative estimate of drug-likeness (QED) is 0.801. The predicted octanol–water partition coefficient (Wildman–Crippen LogP) is 1.51. The van der Waals surface area contributed by atoms with Gasteiger partial charge in [0.1, 0.15) is 0 Å². The topological polar surface area (TPSA) is 53.6 Å². The number of nitrogens with zero attached hydrogens (tertiary/aromatic N) is 1. The molecule has 5 nitrogen and oxygen atoms in total. The summed E-state index contributed by atoms with van der Waals surface area (Å²) in [4.78, 5) is 13.7. The lowest BCUT2D eigenvalue weighted by Crippen LogP contribution is -2.36. The standard InChI is InChI=1S/C15H21N3O2/c1-2-7-16-15(19)17-12-13-3-5-14(6-4-13)18-8-10-20-11-9-18/h2-6H,1,7-12H2,(H2,16,17,19). The van der Waals surface area contributed by atoms with E-state index in [1.807, 2.05) is 12.1 Å². The second-order valence-electron chi connectivity index (χ2n) is 4.62. The van der Waals surface area contributed by atoms with Crippen LogP contribution in [0.4, 0.5) is 10.5 Å². The van der Waals surface area contributed by atoms with Gasteiger partial charge in [-0.2, -0.15) is 0 Å². The van der Waals surface area contributed by atoms with Crippen LogP contribution in [0.1, 0.15) is 5.56 Å². The summed E-state index contributed by atoms with van der Waals surface area (Å²) in [5.41, 5.74) is 2.28. The summed E-state index contributed by atoms with van der Waals surface area (Å²) in [7, 11) is 0. The maximum Gasteiger partial charge on any atom is 0.315 e. The molecule has 2 N–H and O–H groups in total. The first kappa shape index (κ1) is 14.4. The van der Waals surface area contributed by atoms with Crippen molar-refractivity contribution in [3.8, 4) is 0 Å². The van der Waals surface area contributed by atoms with Crippen molar-refractivity contribution in [1.29, 1.82) is 0 Å². The van der Waals surface area contributed by atoms with E-state index >= 15 is 0 Å². The zero-order chi connectivity index (χ0) is 14.2. The average Bonchev–Trinajstić information content (AvgIpc) is 2.52. The second kappa shape index (κ2) is 7.55. The Balaban J connectivity index is 1.81. The van der Waals surface area contributed by atoms with Gasteiger partial charge in [0.25, 0.3) is 0 Å². The number of nitrogens with one attached hydrogen (secondary N) is 2. The Morgan fingerprint density at radius 2 is 1.95 bits per heavy atom. The normalized spacial score (nSPS) is 14.7. The molecule has 0 aromatic heterocycles. The highest BCUT2D eigenvalue weighted by atomic mass is 16.5. The van der Waals surface area contributed by atoms with E-state index in [0.29, 0.717) is 13.1 Å². The molecule has 0 spiro atoms. The summed E-state index contributed by atoms with van der Waals surface area (Å²) >= 11 is 0. The lowest BCUT2D eigenvalue weighted by atomic mass is 10.2. The first-order chi connectivity index (χ1) is 9.79. The van der Waals surface area contributed by atoms with Crippen molar-refractivity contribution in [2.75, 3.05) is 37.7 Å². The molecule has 1 aromatic rings. The predicted molar refractivity (Wildman–Crippen MR) is 79.9 cm³/mol. The fourth-order valence-corrected chi connectivity index (χ4v) is 2.06. The number of ether oxygens (including phenoxy) is 1. The molecule has 0 atom stereocenters. The van der Waals surface area contributed by atoms with Gasteiger partial charge < -0.3 is 20.3 Å². The SMILES string of the molecule is C=CCNC(=O)NCc1ccc(N2CCOCC2)cc1. The van der Waals surface area contributed by atoms with Gasteiger partial charge >= 0.3 is 6.03 Å². The van der Waals surface area contributed by atoms with Crippen molar-refractivity contribution in [3.63, 3.8) is 0 Å². The monoisotopic (exact) mass is 275 g/mol. The molecule has 1 heterocycles. The maximum absolute atomic E-state index is 11.4.